The van der Waals surface area contributed by atoms with Crippen LogP contribution in [0.5, 0.6) is 0 Å². The molecule has 1 aromatic carbocycles. The van der Waals surface area contributed by atoms with Crippen LogP contribution >= 0.6 is 0 Å². The smallest absolute Gasteiger partial charge is 0.407 e. The van der Waals surface area contributed by atoms with E-state index in [0.717, 1.165) is 31.2 Å². The van der Waals surface area contributed by atoms with Crippen LogP contribution in [0.25, 0.3) is 0 Å². The van der Waals surface area contributed by atoms with Gasteiger partial charge in [0, 0.05) is 26.1 Å². The molecule has 2 aliphatic heterocycles. The summed E-state index contributed by atoms with van der Waals surface area (Å²) in [7, 11) is 0. The van der Waals surface area contributed by atoms with Crippen LogP contribution in [-0.2, 0) is 20.9 Å². The summed E-state index contributed by atoms with van der Waals surface area (Å²) in [5, 5.41) is 2.54. The SMILES string of the molecule is CCN1C(=O)CCCC12CCCN(C(=O)CNC(=O)OCc1ccccc1)C2. The Kier molecular flexibility index (Phi) is 6.54. The van der Waals surface area contributed by atoms with Crippen LogP contribution in [0.1, 0.15) is 44.6 Å². The Hall–Kier alpha value is -2.57. The molecule has 1 N–H and O–H groups in total. The van der Waals surface area contributed by atoms with Gasteiger partial charge in [0.2, 0.25) is 11.8 Å². The zero-order chi connectivity index (χ0) is 20.0. The van der Waals surface area contributed by atoms with Gasteiger partial charge in [-0.1, -0.05) is 30.3 Å². The monoisotopic (exact) mass is 387 g/mol. The fraction of sp³-hybridized carbons (Fsp3) is 0.571. The average molecular weight is 387 g/mol. The van der Waals surface area contributed by atoms with Gasteiger partial charge in [-0.25, -0.2) is 4.79 Å². The number of likely N-dealkylation sites (N-methyl/N-ethyl adjacent to an activating group) is 1. The summed E-state index contributed by atoms with van der Waals surface area (Å²) < 4.78 is 5.15. The van der Waals surface area contributed by atoms with E-state index < -0.39 is 6.09 Å². The predicted octanol–water partition coefficient (Wildman–Crippen LogP) is 2.31. The topological polar surface area (TPSA) is 79.0 Å². The lowest BCUT2D eigenvalue weighted by molar-refractivity contribution is -0.149. The van der Waals surface area contributed by atoms with E-state index in [1.807, 2.05) is 42.2 Å². The highest BCUT2D eigenvalue weighted by Gasteiger charge is 2.45. The normalized spacial score (nSPS) is 22.2. The predicted molar refractivity (Wildman–Crippen MR) is 104 cm³/mol. The summed E-state index contributed by atoms with van der Waals surface area (Å²) in [5.74, 6) is 0.0514. The second-order valence-electron chi connectivity index (χ2n) is 7.55. The largest absolute Gasteiger partial charge is 0.445 e. The van der Waals surface area contributed by atoms with Crippen molar-refractivity contribution in [1.29, 1.82) is 0 Å². The number of nitrogens with zero attached hydrogens (tertiary/aromatic N) is 2. The molecule has 28 heavy (non-hydrogen) atoms. The van der Waals surface area contributed by atoms with Crippen molar-refractivity contribution in [1.82, 2.24) is 15.1 Å². The van der Waals surface area contributed by atoms with Crippen molar-refractivity contribution in [3.63, 3.8) is 0 Å². The van der Waals surface area contributed by atoms with E-state index >= 15 is 0 Å². The van der Waals surface area contributed by atoms with Crippen LogP contribution < -0.4 is 5.32 Å². The van der Waals surface area contributed by atoms with E-state index in [1.165, 1.54) is 0 Å². The average Bonchev–Trinajstić information content (AvgIpc) is 2.71. The van der Waals surface area contributed by atoms with Crippen molar-refractivity contribution in [2.45, 2.75) is 51.2 Å². The first-order valence-electron chi connectivity index (χ1n) is 10.1. The molecule has 0 bridgehead atoms. The van der Waals surface area contributed by atoms with Gasteiger partial charge in [-0.3, -0.25) is 9.59 Å². The maximum atomic E-state index is 12.6. The van der Waals surface area contributed by atoms with Crippen LogP contribution in [0.4, 0.5) is 4.79 Å². The minimum absolute atomic E-state index is 0.0935. The molecule has 0 saturated carbocycles. The summed E-state index contributed by atoms with van der Waals surface area (Å²) in [5.41, 5.74) is 0.648. The van der Waals surface area contributed by atoms with Gasteiger partial charge in [0.05, 0.1) is 5.54 Å². The van der Waals surface area contributed by atoms with Crippen LogP contribution in [0.15, 0.2) is 30.3 Å². The third kappa shape index (κ3) is 4.64. The first-order valence-corrected chi connectivity index (χ1v) is 10.1. The molecule has 2 fully saturated rings. The van der Waals surface area contributed by atoms with Gasteiger partial charge in [-0.05, 0) is 38.2 Å². The van der Waals surface area contributed by atoms with Crippen LogP contribution in [0, 0.1) is 0 Å². The summed E-state index contributed by atoms with van der Waals surface area (Å²) >= 11 is 0. The number of likely N-dealkylation sites (tertiary alicyclic amines) is 2. The molecule has 2 saturated heterocycles. The second-order valence-corrected chi connectivity index (χ2v) is 7.55. The number of hydrogen-bond donors (Lipinski definition) is 1. The summed E-state index contributed by atoms with van der Waals surface area (Å²) in [6.45, 7) is 3.95. The molecule has 1 aromatic rings. The van der Waals surface area contributed by atoms with Crippen LogP contribution in [0.3, 0.4) is 0 Å². The summed E-state index contributed by atoms with van der Waals surface area (Å²) in [6.07, 6.45) is 3.60. The Bertz CT molecular complexity index is 705. The lowest BCUT2D eigenvalue weighted by atomic mass is 9.79. The van der Waals surface area contributed by atoms with E-state index in [2.05, 4.69) is 5.32 Å². The molecule has 7 heteroatoms. The Labute approximate surface area is 166 Å². The Morgan fingerprint density at radius 1 is 1.18 bits per heavy atom. The minimum Gasteiger partial charge on any atom is -0.445 e. The molecule has 1 unspecified atom stereocenters. The molecule has 2 aliphatic rings. The zero-order valence-electron chi connectivity index (χ0n) is 16.5. The standard InChI is InChI=1S/C21H29N3O4/c1-2-24-18(25)10-6-11-21(24)12-7-13-23(16-21)19(26)14-22-20(27)28-15-17-8-4-3-5-9-17/h3-5,8-9H,2,6-7,10-16H2,1H3,(H,22,27). The maximum Gasteiger partial charge on any atom is 0.407 e. The molecule has 0 aromatic heterocycles. The molecule has 1 spiro atoms. The van der Waals surface area contributed by atoms with Crippen LogP contribution in [0.2, 0.25) is 0 Å². The molecular formula is C21H29N3O4. The van der Waals surface area contributed by atoms with Gasteiger partial charge < -0.3 is 19.9 Å². The highest BCUT2D eigenvalue weighted by Crippen LogP contribution is 2.36. The maximum absolute atomic E-state index is 12.6. The number of amides is 3. The number of hydrogen-bond acceptors (Lipinski definition) is 4. The summed E-state index contributed by atoms with van der Waals surface area (Å²) in [6, 6.07) is 9.39. The molecule has 3 rings (SSSR count). The van der Waals surface area contributed by atoms with Crippen molar-refractivity contribution < 1.29 is 19.1 Å². The first-order chi connectivity index (χ1) is 13.5. The molecule has 2 heterocycles. The summed E-state index contributed by atoms with van der Waals surface area (Å²) in [4.78, 5) is 40.6. The third-order valence-electron chi connectivity index (χ3n) is 5.73. The van der Waals surface area contributed by atoms with Crippen molar-refractivity contribution in [2.75, 3.05) is 26.2 Å². The number of ether oxygens (including phenoxy) is 1. The Morgan fingerprint density at radius 2 is 1.93 bits per heavy atom. The zero-order valence-corrected chi connectivity index (χ0v) is 16.5. The number of rotatable bonds is 5. The van der Waals surface area contributed by atoms with E-state index in [1.54, 1.807) is 4.90 Å². The van der Waals surface area contributed by atoms with E-state index in [-0.39, 0.29) is 30.5 Å². The number of benzene rings is 1. The number of carbonyl (C=O) groups is 3. The molecule has 1 atom stereocenters. The van der Waals surface area contributed by atoms with Crippen LogP contribution in [-0.4, -0.2) is 59.4 Å². The molecule has 7 nitrogen and oxygen atoms in total. The first kappa shape index (κ1) is 20.2. The van der Waals surface area contributed by atoms with Gasteiger partial charge >= 0.3 is 6.09 Å². The quantitative estimate of drug-likeness (QED) is 0.841. The number of alkyl carbamates (subject to hydrolysis) is 1. The van der Waals surface area contributed by atoms with E-state index in [4.69, 9.17) is 4.74 Å². The fourth-order valence-electron chi connectivity index (χ4n) is 4.40. The third-order valence-corrected chi connectivity index (χ3v) is 5.73. The lowest BCUT2D eigenvalue weighted by Crippen LogP contribution is -2.63. The molecule has 3 amide bonds. The number of carbonyl (C=O) groups excluding carboxylic acids is 3. The van der Waals surface area contributed by atoms with Crippen molar-refractivity contribution >= 4 is 17.9 Å². The van der Waals surface area contributed by atoms with Crippen molar-refractivity contribution in [2.24, 2.45) is 0 Å². The second kappa shape index (κ2) is 9.08. The fourth-order valence-corrected chi connectivity index (χ4v) is 4.40. The van der Waals surface area contributed by atoms with Gasteiger partial charge in [-0.15, -0.1) is 0 Å². The van der Waals surface area contributed by atoms with E-state index in [9.17, 15) is 14.4 Å². The Morgan fingerprint density at radius 3 is 2.68 bits per heavy atom. The molecular weight excluding hydrogens is 358 g/mol. The number of nitrogens with one attached hydrogen (secondary N) is 1. The molecule has 0 radical (unpaired) electrons. The molecule has 152 valence electrons. The van der Waals surface area contributed by atoms with Gasteiger partial charge in [-0.2, -0.15) is 0 Å². The van der Waals surface area contributed by atoms with Crippen molar-refractivity contribution in [3.05, 3.63) is 35.9 Å². The van der Waals surface area contributed by atoms with Gasteiger partial charge in [0.25, 0.3) is 0 Å². The highest BCUT2D eigenvalue weighted by atomic mass is 16.5. The highest BCUT2D eigenvalue weighted by molar-refractivity contribution is 5.83. The van der Waals surface area contributed by atoms with Gasteiger partial charge in [0.15, 0.2) is 0 Å². The minimum atomic E-state index is -0.605. The van der Waals surface area contributed by atoms with Gasteiger partial charge in [0.1, 0.15) is 13.2 Å². The van der Waals surface area contributed by atoms with Crippen molar-refractivity contribution in [3.8, 4) is 0 Å². The Balaban J connectivity index is 1.50. The number of piperidine rings is 2. The van der Waals surface area contributed by atoms with E-state index in [0.29, 0.717) is 26.1 Å². The lowest BCUT2D eigenvalue weighted by Gasteiger charge is -2.51. The molecule has 0 aliphatic carbocycles.